The van der Waals surface area contributed by atoms with Crippen molar-refractivity contribution in [3.8, 4) is 0 Å². The van der Waals surface area contributed by atoms with Crippen LogP contribution in [0.5, 0.6) is 0 Å². The minimum absolute atomic E-state index is 0.111. The molecular formula is C20H18BrCl2N3O2. The van der Waals surface area contributed by atoms with E-state index in [-0.39, 0.29) is 24.9 Å². The quantitative estimate of drug-likeness (QED) is 0.548. The third-order valence-corrected chi connectivity index (χ3v) is 6.11. The maximum absolute atomic E-state index is 12.7. The molecule has 0 saturated carbocycles. The van der Waals surface area contributed by atoms with Gasteiger partial charge in [0.25, 0.3) is 0 Å². The topological polar surface area (TPSA) is 54.3 Å². The Morgan fingerprint density at radius 3 is 2.43 bits per heavy atom. The van der Waals surface area contributed by atoms with Gasteiger partial charge in [-0.15, -0.1) is 0 Å². The molecule has 0 aliphatic heterocycles. The fourth-order valence-corrected chi connectivity index (χ4v) is 3.99. The van der Waals surface area contributed by atoms with Crippen LogP contribution >= 0.6 is 39.1 Å². The molecule has 0 bridgehead atoms. The highest BCUT2D eigenvalue weighted by atomic mass is 79.9. The standard InChI is InChI=1S/C20H18BrCl2N3O2/c1-12-19(21)13-6-3-4-9-16(13)26(12)11-18(28)25(2)10-17(27)24-20-14(22)7-5-8-15(20)23/h3-9H,10-11H2,1-2H3,(H,24,27). The molecule has 0 unspecified atom stereocenters. The number of fused-ring (bicyclic) bond motifs is 1. The van der Waals surface area contributed by atoms with Gasteiger partial charge in [0.1, 0.15) is 6.54 Å². The van der Waals surface area contributed by atoms with Gasteiger partial charge in [-0.2, -0.15) is 0 Å². The second-order valence-corrected chi connectivity index (χ2v) is 8.00. The summed E-state index contributed by atoms with van der Waals surface area (Å²) in [7, 11) is 1.59. The van der Waals surface area contributed by atoms with Gasteiger partial charge < -0.3 is 14.8 Å². The number of rotatable bonds is 5. The lowest BCUT2D eigenvalue weighted by molar-refractivity contribution is -0.133. The Kier molecular flexibility index (Phi) is 6.33. The van der Waals surface area contributed by atoms with Crippen molar-refractivity contribution in [3.63, 3.8) is 0 Å². The van der Waals surface area contributed by atoms with Crippen LogP contribution in [0.2, 0.25) is 10.0 Å². The van der Waals surface area contributed by atoms with Crippen molar-refractivity contribution in [2.75, 3.05) is 18.9 Å². The van der Waals surface area contributed by atoms with Gasteiger partial charge in [0, 0.05) is 28.1 Å². The zero-order valence-corrected chi connectivity index (χ0v) is 18.4. The first-order valence-corrected chi connectivity index (χ1v) is 10.1. The predicted molar refractivity (Wildman–Crippen MR) is 117 cm³/mol. The molecule has 2 amide bonds. The van der Waals surface area contributed by atoms with E-state index >= 15 is 0 Å². The van der Waals surface area contributed by atoms with Crippen molar-refractivity contribution in [2.45, 2.75) is 13.5 Å². The Labute approximate surface area is 181 Å². The zero-order valence-electron chi connectivity index (χ0n) is 15.3. The average molecular weight is 483 g/mol. The van der Waals surface area contributed by atoms with E-state index in [4.69, 9.17) is 23.2 Å². The normalized spacial score (nSPS) is 10.9. The van der Waals surface area contributed by atoms with Crippen LogP contribution in [0.15, 0.2) is 46.9 Å². The third kappa shape index (κ3) is 4.19. The predicted octanol–water partition coefficient (Wildman–Crippen LogP) is 5.12. The van der Waals surface area contributed by atoms with E-state index in [1.165, 1.54) is 4.90 Å². The van der Waals surface area contributed by atoms with Gasteiger partial charge in [0.05, 0.1) is 22.3 Å². The van der Waals surface area contributed by atoms with E-state index in [9.17, 15) is 9.59 Å². The van der Waals surface area contributed by atoms with Crippen molar-refractivity contribution in [1.29, 1.82) is 0 Å². The van der Waals surface area contributed by atoms with Crippen molar-refractivity contribution in [2.24, 2.45) is 0 Å². The monoisotopic (exact) mass is 481 g/mol. The molecule has 1 heterocycles. The number of amides is 2. The van der Waals surface area contributed by atoms with Gasteiger partial charge in [-0.1, -0.05) is 47.5 Å². The zero-order chi connectivity index (χ0) is 20.4. The number of nitrogens with zero attached hydrogens (tertiary/aromatic N) is 2. The van der Waals surface area contributed by atoms with Crippen molar-refractivity contribution in [1.82, 2.24) is 9.47 Å². The molecule has 146 valence electrons. The maximum atomic E-state index is 12.7. The second-order valence-electron chi connectivity index (χ2n) is 6.40. The van der Waals surface area contributed by atoms with Gasteiger partial charge >= 0.3 is 0 Å². The summed E-state index contributed by atoms with van der Waals surface area (Å²) in [6, 6.07) is 12.8. The van der Waals surface area contributed by atoms with Crippen molar-refractivity contribution in [3.05, 3.63) is 62.7 Å². The molecule has 28 heavy (non-hydrogen) atoms. The maximum Gasteiger partial charge on any atom is 0.244 e. The number of aromatic nitrogens is 1. The summed E-state index contributed by atoms with van der Waals surface area (Å²) in [4.78, 5) is 26.4. The summed E-state index contributed by atoms with van der Waals surface area (Å²) >= 11 is 15.7. The van der Waals surface area contributed by atoms with Crippen molar-refractivity contribution < 1.29 is 9.59 Å². The Hall–Kier alpha value is -2.02. The summed E-state index contributed by atoms with van der Waals surface area (Å²) in [6.45, 7) is 1.97. The van der Waals surface area contributed by atoms with Crippen LogP contribution < -0.4 is 5.32 Å². The number of hydrogen-bond donors (Lipinski definition) is 1. The molecule has 1 N–H and O–H groups in total. The molecule has 0 aliphatic rings. The molecule has 0 spiro atoms. The van der Waals surface area contributed by atoms with E-state index in [0.717, 1.165) is 21.1 Å². The highest BCUT2D eigenvalue weighted by Crippen LogP contribution is 2.31. The number of carbonyl (C=O) groups excluding carboxylic acids is 2. The largest absolute Gasteiger partial charge is 0.335 e. The highest BCUT2D eigenvalue weighted by molar-refractivity contribution is 9.10. The van der Waals surface area contributed by atoms with Crippen LogP contribution in [0.25, 0.3) is 10.9 Å². The van der Waals surface area contributed by atoms with E-state index in [1.807, 2.05) is 35.8 Å². The van der Waals surface area contributed by atoms with E-state index in [1.54, 1.807) is 25.2 Å². The minimum atomic E-state index is -0.374. The number of benzene rings is 2. The molecule has 3 aromatic rings. The third-order valence-electron chi connectivity index (χ3n) is 4.48. The first-order valence-electron chi connectivity index (χ1n) is 8.50. The molecule has 2 aromatic carbocycles. The lowest BCUT2D eigenvalue weighted by atomic mass is 10.2. The first-order chi connectivity index (χ1) is 13.3. The molecule has 0 fully saturated rings. The summed E-state index contributed by atoms with van der Waals surface area (Å²) in [5.41, 5.74) is 2.25. The van der Waals surface area contributed by atoms with E-state index < -0.39 is 0 Å². The highest BCUT2D eigenvalue weighted by Gasteiger charge is 2.19. The number of anilines is 1. The van der Waals surface area contributed by atoms with Gasteiger partial charge in [0.2, 0.25) is 11.8 Å². The van der Waals surface area contributed by atoms with Crippen LogP contribution in [0.1, 0.15) is 5.69 Å². The number of para-hydroxylation sites is 2. The molecule has 0 saturated heterocycles. The van der Waals surface area contributed by atoms with Crippen LogP contribution in [0.3, 0.4) is 0 Å². The Morgan fingerprint density at radius 2 is 1.75 bits per heavy atom. The molecule has 8 heteroatoms. The lowest BCUT2D eigenvalue weighted by Crippen LogP contribution is -2.37. The van der Waals surface area contributed by atoms with E-state index in [0.29, 0.717) is 15.7 Å². The summed E-state index contributed by atoms with van der Waals surface area (Å²) in [5, 5.41) is 4.39. The molecule has 1 aromatic heterocycles. The van der Waals surface area contributed by atoms with Gasteiger partial charge in [-0.25, -0.2) is 0 Å². The molecule has 0 aliphatic carbocycles. The number of likely N-dealkylation sites (N-methyl/N-ethyl adjacent to an activating group) is 1. The SMILES string of the molecule is Cc1c(Br)c2ccccc2n1CC(=O)N(C)CC(=O)Nc1c(Cl)cccc1Cl. The van der Waals surface area contributed by atoms with Gasteiger partial charge in [-0.05, 0) is 41.1 Å². The molecule has 3 rings (SSSR count). The van der Waals surface area contributed by atoms with Crippen LogP contribution in [0.4, 0.5) is 5.69 Å². The Bertz CT molecular complexity index is 1040. The number of halogens is 3. The Balaban J connectivity index is 1.70. The summed E-state index contributed by atoms with van der Waals surface area (Å²) in [5.74, 6) is -0.558. The minimum Gasteiger partial charge on any atom is -0.335 e. The Morgan fingerprint density at radius 1 is 1.11 bits per heavy atom. The van der Waals surface area contributed by atoms with Crippen LogP contribution in [0, 0.1) is 6.92 Å². The average Bonchev–Trinajstić information content (AvgIpc) is 2.90. The van der Waals surface area contributed by atoms with E-state index in [2.05, 4.69) is 21.2 Å². The smallest absolute Gasteiger partial charge is 0.244 e. The molecule has 0 atom stereocenters. The molecule has 0 radical (unpaired) electrons. The number of carbonyl (C=O) groups is 2. The van der Waals surface area contributed by atoms with Gasteiger partial charge in [0.15, 0.2) is 0 Å². The first kappa shape index (κ1) is 20.7. The van der Waals surface area contributed by atoms with Gasteiger partial charge in [-0.3, -0.25) is 9.59 Å². The summed E-state index contributed by atoms with van der Waals surface area (Å²) < 4.78 is 2.89. The fourth-order valence-electron chi connectivity index (χ4n) is 2.95. The fraction of sp³-hybridized carbons (Fsp3) is 0.200. The lowest BCUT2D eigenvalue weighted by Gasteiger charge is -2.19. The molecule has 5 nitrogen and oxygen atoms in total. The molecular weight excluding hydrogens is 465 g/mol. The second kappa shape index (κ2) is 8.55. The van der Waals surface area contributed by atoms with Crippen LogP contribution in [-0.4, -0.2) is 34.9 Å². The van der Waals surface area contributed by atoms with Crippen molar-refractivity contribution >= 4 is 67.5 Å². The summed E-state index contributed by atoms with van der Waals surface area (Å²) in [6.07, 6.45) is 0. The number of nitrogens with one attached hydrogen (secondary N) is 1. The van der Waals surface area contributed by atoms with Crippen LogP contribution in [-0.2, 0) is 16.1 Å². The number of hydrogen-bond acceptors (Lipinski definition) is 2.